The van der Waals surface area contributed by atoms with E-state index < -0.39 is 23.4 Å². The molecule has 12 heteroatoms. The smallest absolute Gasteiger partial charge is 0.381 e. The molecule has 2 aromatic heterocycles. The average molecular weight is 522 g/mol. The molecule has 0 atom stereocenters. The molecule has 0 amide bonds. The molecule has 198 valence electrons. The number of nitrogens with two attached hydrogens (primary N) is 1. The SMILES string of the molecule is Nc1ncnc(N2CCC(c3nc(-c4ccc(F)c(C(F)(F)F)c4)cn3CCN3CCCC3)CC2)c1F. The summed E-state index contributed by atoms with van der Waals surface area (Å²) in [5.74, 6) is -1.20. The number of nitrogen functional groups attached to an aromatic ring is 1. The lowest BCUT2D eigenvalue weighted by atomic mass is 9.95. The van der Waals surface area contributed by atoms with Crippen LogP contribution in [0, 0.1) is 11.6 Å². The van der Waals surface area contributed by atoms with E-state index in [9.17, 15) is 22.0 Å². The Hall–Kier alpha value is -3.28. The first-order valence-electron chi connectivity index (χ1n) is 12.4. The number of imidazole rings is 1. The number of halogens is 5. The van der Waals surface area contributed by atoms with Crippen molar-refractivity contribution in [2.75, 3.05) is 43.4 Å². The fourth-order valence-corrected chi connectivity index (χ4v) is 5.18. The number of nitrogens with zero attached hydrogens (tertiary/aromatic N) is 6. The number of piperidine rings is 1. The zero-order chi connectivity index (χ0) is 26.2. The average Bonchev–Trinajstić information content (AvgIpc) is 3.54. The Bertz CT molecular complexity index is 1240. The van der Waals surface area contributed by atoms with E-state index in [-0.39, 0.29) is 23.1 Å². The fourth-order valence-electron chi connectivity index (χ4n) is 5.18. The van der Waals surface area contributed by atoms with Crippen LogP contribution in [0.5, 0.6) is 0 Å². The van der Waals surface area contributed by atoms with Gasteiger partial charge >= 0.3 is 6.18 Å². The van der Waals surface area contributed by atoms with Gasteiger partial charge in [0.25, 0.3) is 0 Å². The predicted octanol–water partition coefficient (Wildman–Crippen LogP) is 4.70. The minimum atomic E-state index is -4.80. The van der Waals surface area contributed by atoms with Gasteiger partial charge < -0.3 is 20.1 Å². The summed E-state index contributed by atoms with van der Waals surface area (Å²) in [4.78, 5) is 16.6. The van der Waals surface area contributed by atoms with Crippen LogP contribution in [-0.4, -0.2) is 57.1 Å². The van der Waals surface area contributed by atoms with Crippen molar-refractivity contribution < 1.29 is 22.0 Å². The van der Waals surface area contributed by atoms with Crippen molar-refractivity contribution in [3.63, 3.8) is 0 Å². The summed E-state index contributed by atoms with van der Waals surface area (Å²) in [5.41, 5.74) is 4.87. The number of hydrogen-bond acceptors (Lipinski definition) is 6. The molecule has 0 aliphatic carbocycles. The number of benzene rings is 1. The molecule has 0 saturated carbocycles. The molecule has 3 aromatic rings. The van der Waals surface area contributed by atoms with Gasteiger partial charge in [0.15, 0.2) is 11.6 Å². The molecule has 2 N–H and O–H groups in total. The highest BCUT2D eigenvalue weighted by atomic mass is 19.4. The van der Waals surface area contributed by atoms with Crippen molar-refractivity contribution in [2.24, 2.45) is 0 Å². The van der Waals surface area contributed by atoms with Crippen molar-refractivity contribution in [3.05, 3.63) is 53.7 Å². The van der Waals surface area contributed by atoms with Crippen molar-refractivity contribution in [3.8, 4) is 11.3 Å². The standard InChI is InChI=1S/C25H28F5N7/c26-19-4-3-17(13-18(19)25(28,29)30)20-14-37(12-11-35-7-1-2-8-35)23(34-20)16-5-9-36(10-6-16)24-21(27)22(31)32-15-33-24/h3-4,13-16H,1-2,5-12H2,(H2,31,32,33). The minimum Gasteiger partial charge on any atom is -0.381 e. The Morgan fingerprint density at radius 1 is 0.973 bits per heavy atom. The monoisotopic (exact) mass is 521 g/mol. The number of aromatic nitrogens is 4. The van der Waals surface area contributed by atoms with Crippen molar-refractivity contribution >= 4 is 11.6 Å². The molecule has 0 spiro atoms. The van der Waals surface area contributed by atoms with Gasteiger partial charge in [-0.15, -0.1) is 0 Å². The second-order valence-electron chi connectivity index (χ2n) is 9.58. The highest BCUT2D eigenvalue weighted by Gasteiger charge is 2.35. The molecule has 4 heterocycles. The molecule has 2 saturated heterocycles. The molecule has 0 bridgehead atoms. The van der Waals surface area contributed by atoms with E-state index in [0.717, 1.165) is 50.4 Å². The molecule has 1 aromatic carbocycles. The molecule has 0 unspecified atom stereocenters. The van der Waals surface area contributed by atoms with Crippen LogP contribution in [0.2, 0.25) is 0 Å². The molecule has 2 fully saturated rings. The van der Waals surface area contributed by atoms with Crippen LogP contribution in [0.25, 0.3) is 11.3 Å². The first kappa shape index (κ1) is 25.4. The second-order valence-corrected chi connectivity index (χ2v) is 9.58. The summed E-state index contributed by atoms with van der Waals surface area (Å²) < 4.78 is 70.3. The number of rotatable bonds is 6. The summed E-state index contributed by atoms with van der Waals surface area (Å²) in [6.45, 7) is 4.53. The Morgan fingerprint density at radius 3 is 2.41 bits per heavy atom. The molecule has 2 aliphatic rings. The van der Waals surface area contributed by atoms with Crippen LogP contribution in [0.3, 0.4) is 0 Å². The van der Waals surface area contributed by atoms with Gasteiger partial charge in [0.05, 0.1) is 11.3 Å². The highest BCUT2D eigenvalue weighted by Crippen LogP contribution is 2.36. The summed E-state index contributed by atoms with van der Waals surface area (Å²) >= 11 is 0. The topological polar surface area (TPSA) is 76.1 Å². The Kier molecular flexibility index (Phi) is 7.02. The normalized spacial score (nSPS) is 17.6. The van der Waals surface area contributed by atoms with Gasteiger partial charge in [-0.3, -0.25) is 0 Å². The number of alkyl halides is 3. The van der Waals surface area contributed by atoms with E-state index in [0.29, 0.717) is 38.2 Å². The van der Waals surface area contributed by atoms with Crippen molar-refractivity contribution in [1.82, 2.24) is 24.4 Å². The molecule has 7 nitrogen and oxygen atoms in total. The van der Waals surface area contributed by atoms with Crippen LogP contribution < -0.4 is 10.6 Å². The quantitative estimate of drug-likeness (QED) is 0.474. The fraction of sp³-hybridized carbons (Fsp3) is 0.480. The lowest BCUT2D eigenvalue weighted by Crippen LogP contribution is -2.35. The van der Waals surface area contributed by atoms with Crippen molar-refractivity contribution in [2.45, 2.75) is 44.3 Å². The zero-order valence-corrected chi connectivity index (χ0v) is 20.2. The van der Waals surface area contributed by atoms with Gasteiger partial charge in [-0.05, 0) is 57.0 Å². The first-order valence-corrected chi connectivity index (χ1v) is 12.4. The molecule has 2 aliphatic heterocycles. The highest BCUT2D eigenvalue weighted by molar-refractivity contribution is 5.60. The number of hydrogen-bond donors (Lipinski definition) is 1. The lowest BCUT2D eigenvalue weighted by Gasteiger charge is -2.33. The van der Waals surface area contributed by atoms with Crippen LogP contribution in [0.4, 0.5) is 33.6 Å². The summed E-state index contributed by atoms with van der Waals surface area (Å²) in [6, 6.07) is 2.98. The maximum absolute atomic E-state index is 14.4. The Labute approximate surface area is 211 Å². The third kappa shape index (κ3) is 5.39. The van der Waals surface area contributed by atoms with Gasteiger partial charge in [-0.25, -0.2) is 19.3 Å². The molecular formula is C25H28F5N7. The Balaban J connectivity index is 1.40. The summed E-state index contributed by atoms with van der Waals surface area (Å²) in [7, 11) is 0. The minimum absolute atomic E-state index is 0.0216. The predicted molar refractivity (Wildman–Crippen MR) is 129 cm³/mol. The first-order chi connectivity index (χ1) is 17.7. The lowest BCUT2D eigenvalue weighted by molar-refractivity contribution is -0.139. The molecular weight excluding hydrogens is 493 g/mol. The molecule has 5 rings (SSSR count). The Morgan fingerprint density at radius 2 is 1.70 bits per heavy atom. The summed E-state index contributed by atoms with van der Waals surface area (Å²) in [6.07, 6.45) is 1.81. The molecule has 0 radical (unpaired) electrons. The van der Waals surface area contributed by atoms with Gasteiger partial charge in [0, 0.05) is 43.9 Å². The van der Waals surface area contributed by atoms with E-state index in [1.807, 2.05) is 9.47 Å². The van der Waals surface area contributed by atoms with E-state index in [2.05, 4.69) is 14.9 Å². The zero-order valence-electron chi connectivity index (χ0n) is 20.2. The van der Waals surface area contributed by atoms with Gasteiger partial charge in [0.1, 0.15) is 18.0 Å². The van der Waals surface area contributed by atoms with E-state index in [1.54, 1.807) is 6.20 Å². The third-order valence-electron chi connectivity index (χ3n) is 7.19. The maximum Gasteiger partial charge on any atom is 0.419 e. The van der Waals surface area contributed by atoms with Crippen LogP contribution in [0.1, 0.15) is 43.0 Å². The maximum atomic E-state index is 14.4. The van der Waals surface area contributed by atoms with Gasteiger partial charge in [-0.1, -0.05) is 0 Å². The number of anilines is 2. The van der Waals surface area contributed by atoms with Crippen molar-refractivity contribution in [1.29, 1.82) is 0 Å². The second kappa shape index (κ2) is 10.2. The van der Waals surface area contributed by atoms with E-state index in [1.165, 1.54) is 12.4 Å². The van der Waals surface area contributed by atoms with E-state index in [4.69, 9.17) is 10.7 Å². The largest absolute Gasteiger partial charge is 0.419 e. The van der Waals surface area contributed by atoms with Crippen LogP contribution >= 0.6 is 0 Å². The van der Waals surface area contributed by atoms with Gasteiger partial charge in [-0.2, -0.15) is 17.6 Å². The third-order valence-corrected chi connectivity index (χ3v) is 7.19. The van der Waals surface area contributed by atoms with E-state index >= 15 is 0 Å². The molecule has 37 heavy (non-hydrogen) atoms. The van der Waals surface area contributed by atoms with Crippen LogP contribution in [-0.2, 0) is 12.7 Å². The van der Waals surface area contributed by atoms with Crippen LogP contribution in [0.15, 0.2) is 30.7 Å². The number of likely N-dealkylation sites (tertiary alicyclic amines) is 1. The van der Waals surface area contributed by atoms with Gasteiger partial charge in [0.2, 0.25) is 5.82 Å². The summed E-state index contributed by atoms with van der Waals surface area (Å²) in [5, 5.41) is 0.